The van der Waals surface area contributed by atoms with E-state index >= 15 is 0 Å². The van der Waals surface area contributed by atoms with Gasteiger partial charge in [-0.05, 0) is 37.1 Å². The van der Waals surface area contributed by atoms with Crippen LogP contribution in [0, 0.1) is 5.82 Å². The minimum absolute atomic E-state index is 0.115. The quantitative estimate of drug-likeness (QED) is 0.766. The molecule has 1 atom stereocenters. The predicted molar refractivity (Wildman–Crippen MR) is 82.5 cm³/mol. The zero-order chi connectivity index (χ0) is 14.8. The molecule has 1 aliphatic rings. The first-order chi connectivity index (χ1) is 10.2. The van der Waals surface area contributed by atoms with E-state index in [0.717, 1.165) is 12.1 Å². The van der Waals surface area contributed by atoms with Crippen molar-refractivity contribution >= 4 is 17.7 Å². The Labute approximate surface area is 123 Å². The summed E-state index contributed by atoms with van der Waals surface area (Å²) >= 11 is 0. The molecule has 3 rings (SSSR count). The number of hydrogen-bond donors (Lipinski definition) is 0. The van der Waals surface area contributed by atoms with E-state index in [1.807, 2.05) is 31.2 Å². The van der Waals surface area contributed by atoms with Gasteiger partial charge >= 0.3 is 0 Å². The van der Waals surface area contributed by atoms with Crippen molar-refractivity contribution in [3.63, 3.8) is 0 Å². The Balaban J connectivity index is 1.85. The Kier molecular flexibility index (Phi) is 3.57. The first-order valence-corrected chi connectivity index (χ1v) is 7.00. The highest BCUT2D eigenvalue weighted by Gasteiger charge is 2.29. The highest BCUT2D eigenvalue weighted by atomic mass is 19.1. The van der Waals surface area contributed by atoms with Crippen molar-refractivity contribution in [1.29, 1.82) is 0 Å². The second-order valence-corrected chi connectivity index (χ2v) is 5.24. The molecule has 1 unspecified atom stereocenters. The lowest BCUT2D eigenvalue weighted by Gasteiger charge is -2.20. The third-order valence-electron chi connectivity index (χ3n) is 3.76. The van der Waals surface area contributed by atoms with Crippen LogP contribution in [0.5, 0.6) is 0 Å². The number of rotatable bonds is 2. The molecule has 0 saturated carbocycles. The van der Waals surface area contributed by atoms with Gasteiger partial charge in [0.05, 0.1) is 0 Å². The Hall–Kier alpha value is -2.42. The molecule has 0 aliphatic carbocycles. The van der Waals surface area contributed by atoms with Crippen LogP contribution in [0.15, 0.2) is 54.6 Å². The molecule has 106 valence electrons. The highest BCUT2D eigenvalue weighted by molar-refractivity contribution is 6.05. The molecule has 1 heterocycles. The molecule has 3 heteroatoms. The molecule has 0 radical (unpaired) electrons. The number of benzene rings is 2. The Morgan fingerprint density at radius 3 is 2.71 bits per heavy atom. The van der Waals surface area contributed by atoms with Gasteiger partial charge in [-0.15, -0.1) is 0 Å². The van der Waals surface area contributed by atoms with Crippen molar-refractivity contribution in [3.8, 4) is 0 Å². The lowest BCUT2D eigenvalue weighted by atomic mass is 10.1. The Morgan fingerprint density at radius 1 is 1.19 bits per heavy atom. The molecule has 2 aromatic carbocycles. The molecule has 0 N–H and O–H groups in total. The van der Waals surface area contributed by atoms with Gasteiger partial charge in [-0.3, -0.25) is 4.79 Å². The second-order valence-electron chi connectivity index (χ2n) is 5.24. The maximum atomic E-state index is 13.6. The smallest absolute Gasteiger partial charge is 0.251 e. The largest absolute Gasteiger partial charge is 0.305 e. The maximum absolute atomic E-state index is 13.6. The summed E-state index contributed by atoms with van der Waals surface area (Å²) in [5.74, 6) is -0.438. The van der Waals surface area contributed by atoms with E-state index in [1.165, 1.54) is 23.8 Å². The van der Waals surface area contributed by atoms with E-state index in [2.05, 4.69) is 0 Å². The standard InChI is InChI=1S/C18H16FNO/c1-13-12-15-7-3-5-9-17(15)20(13)18(21)11-10-14-6-2-4-8-16(14)19/h2-11,13H,12H2,1H3. The summed E-state index contributed by atoms with van der Waals surface area (Å²) in [4.78, 5) is 14.2. The number of anilines is 1. The summed E-state index contributed by atoms with van der Waals surface area (Å²) in [7, 11) is 0. The van der Waals surface area contributed by atoms with Gasteiger partial charge < -0.3 is 4.90 Å². The summed E-state index contributed by atoms with van der Waals surface area (Å²) in [6.07, 6.45) is 3.83. The Morgan fingerprint density at radius 2 is 1.90 bits per heavy atom. The fraction of sp³-hybridized carbons (Fsp3) is 0.167. The van der Waals surface area contributed by atoms with Crippen LogP contribution in [0.1, 0.15) is 18.1 Å². The van der Waals surface area contributed by atoms with Gasteiger partial charge in [0.15, 0.2) is 0 Å². The van der Waals surface area contributed by atoms with Crippen molar-refractivity contribution in [2.24, 2.45) is 0 Å². The Bertz CT molecular complexity index is 708. The van der Waals surface area contributed by atoms with E-state index in [1.54, 1.807) is 23.1 Å². The molecule has 0 fully saturated rings. The van der Waals surface area contributed by atoms with Crippen LogP contribution in [0.2, 0.25) is 0 Å². The molecule has 0 aromatic heterocycles. The van der Waals surface area contributed by atoms with Crippen LogP contribution in [-0.4, -0.2) is 11.9 Å². The molecule has 0 spiro atoms. The summed E-state index contributed by atoms with van der Waals surface area (Å²) in [5, 5.41) is 0. The first-order valence-electron chi connectivity index (χ1n) is 7.00. The lowest BCUT2D eigenvalue weighted by Crippen LogP contribution is -2.34. The monoisotopic (exact) mass is 281 g/mol. The number of amides is 1. The van der Waals surface area contributed by atoms with Crippen molar-refractivity contribution in [1.82, 2.24) is 0 Å². The molecular formula is C18H16FNO. The first kappa shape index (κ1) is 13.6. The van der Waals surface area contributed by atoms with E-state index in [-0.39, 0.29) is 17.8 Å². The number of para-hydroxylation sites is 1. The van der Waals surface area contributed by atoms with Crippen LogP contribution in [-0.2, 0) is 11.2 Å². The topological polar surface area (TPSA) is 20.3 Å². The number of halogens is 1. The van der Waals surface area contributed by atoms with Gasteiger partial charge in [-0.1, -0.05) is 36.4 Å². The van der Waals surface area contributed by atoms with Crippen LogP contribution in [0.25, 0.3) is 6.08 Å². The summed E-state index contributed by atoms with van der Waals surface area (Å²) in [5.41, 5.74) is 2.55. The van der Waals surface area contributed by atoms with Gasteiger partial charge in [0.2, 0.25) is 0 Å². The van der Waals surface area contributed by atoms with Crippen LogP contribution in [0.4, 0.5) is 10.1 Å². The third-order valence-corrected chi connectivity index (χ3v) is 3.76. The van der Waals surface area contributed by atoms with Gasteiger partial charge in [0, 0.05) is 23.4 Å². The summed E-state index contributed by atoms with van der Waals surface area (Å²) in [6, 6.07) is 14.5. The summed E-state index contributed by atoms with van der Waals surface area (Å²) in [6.45, 7) is 2.02. The second kappa shape index (κ2) is 5.52. The van der Waals surface area contributed by atoms with Gasteiger partial charge in [-0.2, -0.15) is 0 Å². The molecule has 1 amide bonds. The molecule has 2 aromatic rings. The fourth-order valence-electron chi connectivity index (χ4n) is 2.75. The number of nitrogens with zero attached hydrogens (tertiary/aromatic N) is 1. The van der Waals surface area contributed by atoms with E-state index in [0.29, 0.717) is 5.56 Å². The fourth-order valence-corrected chi connectivity index (χ4v) is 2.75. The van der Waals surface area contributed by atoms with Crippen molar-refractivity contribution in [3.05, 3.63) is 71.6 Å². The van der Waals surface area contributed by atoms with Crippen LogP contribution in [0.3, 0.4) is 0 Å². The maximum Gasteiger partial charge on any atom is 0.251 e. The third kappa shape index (κ3) is 2.59. The molecule has 1 aliphatic heterocycles. The van der Waals surface area contributed by atoms with E-state index < -0.39 is 0 Å². The molecular weight excluding hydrogens is 265 g/mol. The molecule has 2 nitrogen and oxygen atoms in total. The normalized spacial score (nSPS) is 17.2. The van der Waals surface area contributed by atoms with Gasteiger partial charge in [0.25, 0.3) is 5.91 Å². The van der Waals surface area contributed by atoms with Gasteiger partial charge in [-0.25, -0.2) is 4.39 Å². The average Bonchev–Trinajstić information content (AvgIpc) is 2.82. The molecule has 21 heavy (non-hydrogen) atoms. The number of fused-ring (bicyclic) bond motifs is 1. The zero-order valence-electron chi connectivity index (χ0n) is 11.8. The number of carbonyl (C=O) groups excluding carboxylic acids is 1. The van der Waals surface area contributed by atoms with Crippen molar-refractivity contribution in [2.45, 2.75) is 19.4 Å². The average molecular weight is 281 g/mol. The molecule has 0 bridgehead atoms. The number of carbonyl (C=O) groups is 1. The van der Waals surface area contributed by atoms with Crippen LogP contribution < -0.4 is 4.90 Å². The molecule has 0 saturated heterocycles. The van der Waals surface area contributed by atoms with Gasteiger partial charge in [0.1, 0.15) is 5.82 Å². The van der Waals surface area contributed by atoms with E-state index in [4.69, 9.17) is 0 Å². The summed E-state index contributed by atoms with van der Waals surface area (Å²) < 4.78 is 13.6. The van der Waals surface area contributed by atoms with E-state index in [9.17, 15) is 9.18 Å². The van der Waals surface area contributed by atoms with Crippen LogP contribution >= 0.6 is 0 Å². The minimum atomic E-state index is -0.323. The van der Waals surface area contributed by atoms with Crippen molar-refractivity contribution < 1.29 is 9.18 Å². The SMILES string of the molecule is CC1Cc2ccccc2N1C(=O)C=Cc1ccccc1F. The number of hydrogen-bond acceptors (Lipinski definition) is 1. The minimum Gasteiger partial charge on any atom is -0.305 e. The zero-order valence-corrected chi connectivity index (χ0v) is 11.8. The predicted octanol–water partition coefficient (Wildman–Crippen LogP) is 3.82. The van der Waals surface area contributed by atoms with Crippen molar-refractivity contribution in [2.75, 3.05) is 4.90 Å². The lowest BCUT2D eigenvalue weighted by molar-refractivity contribution is -0.114. The highest BCUT2D eigenvalue weighted by Crippen LogP contribution is 2.32.